The third-order valence-electron chi connectivity index (χ3n) is 5.28. The van der Waals surface area contributed by atoms with Gasteiger partial charge in [-0.05, 0) is 74.4 Å². The van der Waals surface area contributed by atoms with Crippen LogP contribution in [0.5, 0.6) is 5.75 Å². The van der Waals surface area contributed by atoms with Crippen LogP contribution in [0.25, 0.3) is 21.3 Å². The molecule has 0 radical (unpaired) electrons. The van der Waals surface area contributed by atoms with Gasteiger partial charge in [-0.2, -0.15) is 0 Å². The fourth-order valence-corrected chi connectivity index (χ4v) is 4.61. The first-order valence-corrected chi connectivity index (χ1v) is 11.1. The summed E-state index contributed by atoms with van der Waals surface area (Å²) in [6.45, 7) is 2.24. The van der Waals surface area contributed by atoms with Crippen LogP contribution in [0.3, 0.4) is 0 Å². The standard InChI is InChI=1S/C23H26N2O3S/c1-2-27-22(26)12-8-15-7-11-20(28-17-5-3-4-6-17)18(13-15)16-9-10-19-21(14-16)29-23(24)25-19/h7,9-11,13-14,17H,2-6,8,12H2,1H3,(H2,24,25). The summed E-state index contributed by atoms with van der Waals surface area (Å²) in [7, 11) is 0. The number of nitrogen functional groups attached to an aromatic ring is 1. The van der Waals surface area contributed by atoms with E-state index in [2.05, 4.69) is 29.2 Å². The van der Waals surface area contributed by atoms with E-state index in [1.165, 1.54) is 24.2 Å². The number of fused-ring (bicyclic) bond motifs is 1. The van der Waals surface area contributed by atoms with Crippen LogP contribution in [0, 0.1) is 0 Å². The molecule has 2 N–H and O–H groups in total. The van der Waals surface area contributed by atoms with Crippen LogP contribution >= 0.6 is 11.3 Å². The summed E-state index contributed by atoms with van der Waals surface area (Å²) < 4.78 is 12.5. The first-order valence-electron chi connectivity index (χ1n) is 10.2. The molecule has 2 aromatic carbocycles. The van der Waals surface area contributed by atoms with Crippen molar-refractivity contribution in [2.24, 2.45) is 0 Å². The molecule has 152 valence electrons. The van der Waals surface area contributed by atoms with Gasteiger partial charge in [0, 0.05) is 12.0 Å². The average molecular weight is 411 g/mol. The normalized spacial score (nSPS) is 14.4. The zero-order chi connectivity index (χ0) is 20.2. The molecule has 5 nitrogen and oxygen atoms in total. The second-order valence-corrected chi connectivity index (χ2v) is 8.46. The lowest BCUT2D eigenvalue weighted by molar-refractivity contribution is -0.143. The van der Waals surface area contributed by atoms with Gasteiger partial charge >= 0.3 is 5.97 Å². The van der Waals surface area contributed by atoms with E-state index in [-0.39, 0.29) is 12.1 Å². The maximum Gasteiger partial charge on any atom is 0.306 e. The van der Waals surface area contributed by atoms with Gasteiger partial charge in [-0.25, -0.2) is 4.98 Å². The van der Waals surface area contributed by atoms with E-state index < -0.39 is 0 Å². The second-order valence-electron chi connectivity index (χ2n) is 7.39. The molecule has 0 amide bonds. The molecule has 0 spiro atoms. The van der Waals surface area contributed by atoms with E-state index in [0.29, 0.717) is 24.6 Å². The number of nitrogens with two attached hydrogens (primary N) is 1. The van der Waals surface area contributed by atoms with E-state index >= 15 is 0 Å². The molecule has 1 saturated carbocycles. The molecule has 0 bridgehead atoms. The van der Waals surface area contributed by atoms with Gasteiger partial charge in [0.1, 0.15) is 5.75 Å². The Balaban J connectivity index is 1.65. The first-order chi connectivity index (χ1) is 14.1. The molecule has 1 fully saturated rings. The number of aromatic nitrogens is 1. The highest BCUT2D eigenvalue weighted by Crippen LogP contribution is 2.37. The molecule has 1 aromatic heterocycles. The minimum absolute atomic E-state index is 0.165. The Morgan fingerprint density at radius 1 is 1.21 bits per heavy atom. The summed E-state index contributed by atoms with van der Waals surface area (Å²) >= 11 is 1.49. The Hall–Kier alpha value is -2.60. The third kappa shape index (κ3) is 4.70. The number of carbonyl (C=O) groups excluding carboxylic acids is 1. The van der Waals surface area contributed by atoms with Crippen LogP contribution in [0.15, 0.2) is 36.4 Å². The minimum atomic E-state index is -0.165. The number of nitrogens with zero attached hydrogens (tertiary/aromatic N) is 1. The van der Waals surface area contributed by atoms with Crippen LogP contribution < -0.4 is 10.5 Å². The fourth-order valence-electron chi connectivity index (χ4n) is 3.84. The van der Waals surface area contributed by atoms with Gasteiger partial charge in [0.15, 0.2) is 5.13 Å². The maximum atomic E-state index is 11.8. The lowest BCUT2D eigenvalue weighted by atomic mass is 9.99. The van der Waals surface area contributed by atoms with Crippen molar-refractivity contribution in [2.75, 3.05) is 12.3 Å². The number of carbonyl (C=O) groups is 1. The Morgan fingerprint density at radius 3 is 2.83 bits per heavy atom. The topological polar surface area (TPSA) is 74.4 Å². The number of benzene rings is 2. The first kappa shape index (κ1) is 19.7. The zero-order valence-electron chi connectivity index (χ0n) is 16.6. The molecule has 6 heteroatoms. The Morgan fingerprint density at radius 2 is 2.03 bits per heavy atom. The minimum Gasteiger partial charge on any atom is -0.490 e. The van der Waals surface area contributed by atoms with Crippen LogP contribution in [0.4, 0.5) is 5.13 Å². The lowest BCUT2D eigenvalue weighted by Crippen LogP contribution is -2.11. The van der Waals surface area contributed by atoms with Gasteiger partial charge in [-0.15, -0.1) is 0 Å². The summed E-state index contributed by atoms with van der Waals surface area (Å²) in [6.07, 6.45) is 5.96. The van der Waals surface area contributed by atoms with Crippen LogP contribution in [-0.4, -0.2) is 23.7 Å². The third-order valence-corrected chi connectivity index (χ3v) is 6.13. The number of hydrogen-bond acceptors (Lipinski definition) is 6. The number of rotatable bonds is 7. The number of hydrogen-bond donors (Lipinski definition) is 1. The predicted molar refractivity (Wildman–Crippen MR) is 117 cm³/mol. The highest BCUT2D eigenvalue weighted by molar-refractivity contribution is 7.22. The highest BCUT2D eigenvalue weighted by atomic mass is 32.1. The van der Waals surface area contributed by atoms with Gasteiger partial charge in [-0.3, -0.25) is 4.79 Å². The highest BCUT2D eigenvalue weighted by Gasteiger charge is 2.19. The summed E-state index contributed by atoms with van der Waals surface area (Å²) in [4.78, 5) is 16.1. The van der Waals surface area contributed by atoms with Gasteiger partial charge in [0.05, 0.1) is 22.9 Å². The number of aryl methyl sites for hydroxylation is 1. The number of esters is 1. The van der Waals surface area contributed by atoms with Crippen molar-refractivity contribution in [3.63, 3.8) is 0 Å². The van der Waals surface area contributed by atoms with Crippen LogP contribution in [0.2, 0.25) is 0 Å². The predicted octanol–water partition coefficient (Wildman–Crippen LogP) is 5.36. The molecule has 29 heavy (non-hydrogen) atoms. The van der Waals surface area contributed by atoms with E-state index in [9.17, 15) is 4.79 Å². The van der Waals surface area contributed by atoms with Crippen molar-refractivity contribution >= 4 is 32.7 Å². The largest absolute Gasteiger partial charge is 0.490 e. The van der Waals surface area contributed by atoms with Gasteiger partial charge in [-0.1, -0.05) is 23.5 Å². The quantitative estimate of drug-likeness (QED) is 0.531. The number of anilines is 1. The van der Waals surface area contributed by atoms with Crippen molar-refractivity contribution in [1.29, 1.82) is 0 Å². The molecule has 3 aromatic rings. The number of thiazole rings is 1. The maximum absolute atomic E-state index is 11.8. The molecule has 0 atom stereocenters. The Bertz CT molecular complexity index is 1010. The lowest BCUT2D eigenvalue weighted by Gasteiger charge is -2.18. The van der Waals surface area contributed by atoms with Crippen molar-refractivity contribution in [1.82, 2.24) is 4.98 Å². The van der Waals surface area contributed by atoms with E-state index in [1.807, 2.05) is 19.1 Å². The van der Waals surface area contributed by atoms with Gasteiger partial charge in [0.2, 0.25) is 0 Å². The molecule has 0 aliphatic heterocycles. The van der Waals surface area contributed by atoms with E-state index in [0.717, 1.165) is 45.5 Å². The van der Waals surface area contributed by atoms with Crippen LogP contribution in [-0.2, 0) is 16.0 Å². The van der Waals surface area contributed by atoms with Crippen LogP contribution in [0.1, 0.15) is 44.6 Å². The Labute approximate surface area is 174 Å². The molecule has 0 saturated heterocycles. The monoisotopic (exact) mass is 410 g/mol. The summed E-state index contributed by atoms with van der Waals surface area (Å²) in [5, 5.41) is 0.572. The summed E-state index contributed by atoms with van der Waals surface area (Å²) in [5.41, 5.74) is 10.0. The van der Waals surface area contributed by atoms with E-state index in [4.69, 9.17) is 15.2 Å². The molecule has 1 aliphatic carbocycles. The van der Waals surface area contributed by atoms with Gasteiger partial charge < -0.3 is 15.2 Å². The Kier molecular flexibility index (Phi) is 6.00. The fraction of sp³-hybridized carbons (Fsp3) is 0.391. The second kappa shape index (κ2) is 8.82. The van der Waals surface area contributed by atoms with Crippen molar-refractivity contribution in [2.45, 2.75) is 51.6 Å². The molecule has 1 aliphatic rings. The summed E-state index contributed by atoms with van der Waals surface area (Å²) in [5.74, 6) is 0.732. The SMILES string of the molecule is CCOC(=O)CCc1ccc(OC2CCCC2)c(-c2ccc3nc(N)sc3c2)c1. The molecular weight excluding hydrogens is 384 g/mol. The van der Waals surface area contributed by atoms with E-state index in [1.54, 1.807) is 0 Å². The molecule has 0 unspecified atom stereocenters. The number of ether oxygens (including phenoxy) is 2. The van der Waals surface area contributed by atoms with Crippen molar-refractivity contribution in [3.8, 4) is 16.9 Å². The smallest absolute Gasteiger partial charge is 0.306 e. The van der Waals surface area contributed by atoms with Crippen molar-refractivity contribution in [3.05, 3.63) is 42.0 Å². The van der Waals surface area contributed by atoms with Crippen molar-refractivity contribution < 1.29 is 14.3 Å². The summed E-state index contributed by atoms with van der Waals surface area (Å²) in [6, 6.07) is 12.4. The molecule has 1 heterocycles. The van der Waals surface area contributed by atoms with Gasteiger partial charge in [0.25, 0.3) is 0 Å². The molecular formula is C23H26N2O3S. The average Bonchev–Trinajstić information content (AvgIpc) is 3.35. The molecule has 4 rings (SSSR count). The zero-order valence-corrected chi connectivity index (χ0v) is 17.5.